The van der Waals surface area contributed by atoms with Gasteiger partial charge in [-0.1, -0.05) is 60.1 Å². The Bertz CT molecular complexity index is 987. The number of nitrogens with one attached hydrogen (secondary N) is 1. The Balaban J connectivity index is 1.91. The van der Waals surface area contributed by atoms with Crippen molar-refractivity contribution in [1.29, 1.82) is 0 Å². The molecule has 0 radical (unpaired) electrons. The van der Waals surface area contributed by atoms with Gasteiger partial charge in [-0.2, -0.15) is 0 Å². The minimum Gasteiger partial charge on any atom is -0.365 e. The molecule has 0 saturated heterocycles. The molecular weight excluding hydrogens is 482 g/mol. The van der Waals surface area contributed by atoms with Gasteiger partial charge in [-0.3, -0.25) is 19.1 Å². The van der Waals surface area contributed by atoms with Crippen molar-refractivity contribution in [3.8, 4) is 0 Å². The van der Waals surface area contributed by atoms with Gasteiger partial charge in [0.2, 0.25) is 0 Å². The number of quaternary nitrogens is 1. The molecule has 0 fully saturated rings. The largest absolute Gasteiger partial charge is 0.365 e. The lowest BCUT2D eigenvalue weighted by atomic mass is 10.1. The normalized spacial score (nSPS) is 15.3. The molecule has 2 amide bonds. The smallest absolute Gasteiger partial charge is 0.292 e. The van der Waals surface area contributed by atoms with Crippen LogP contribution in [0.2, 0.25) is 0 Å². The maximum Gasteiger partial charge on any atom is 0.292 e. The third kappa shape index (κ3) is 6.20. The number of aryl methyl sites for hydroxylation is 1. The van der Waals surface area contributed by atoms with E-state index in [1.54, 1.807) is 5.01 Å². The summed E-state index contributed by atoms with van der Waals surface area (Å²) in [5, 5.41) is 7.19. The summed E-state index contributed by atoms with van der Waals surface area (Å²) in [6.45, 7) is 8.98. The number of fused-ring (bicyclic) bond motifs is 1. The Morgan fingerprint density at radius 3 is 2.36 bits per heavy atom. The maximum absolute atomic E-state index is 13.6. The second kappa shape index (κ2) is 10.8. The Morgan fingerprint density at radius 2 is 1.79 bits per heavy atom. The Hall–Kier alpha value is -2.26. The van der Waals surface area contributed by atoms with Crippen LogP contribution in [-0.4, -0.2) is 61.1 Å². The summed E-state index contributed by atoms with van der Waals surface area (Å²) < 4.78 is 1.08. The molecule has 1 atom stereocenters. The Labute approximate surface area is 205 Å². The van der Waals surface area contributed by atoms with Crippen LogP contribution < -0.4 is 15.5 Å². The minimum absolute atomic E-state index is 0.0482. The van der Waals surface area contributed by atoms with Gasteiger partial charge in [0.1, 0.15) is 5.69 Å². The number of benzene rings is 2. The van der Waals surface area contributed by atoms with Crippen LogP contribution in [0.15, 0.2) is 46.9 Å². The fourth-order valence-electron chi connectivity index (χ4n) is 4.51. The summed E-state index contributed by atoms with van der Waals surface area (Å²) >= 11 is 3.57. The molecular formula is C25H35BrN5O2+. The average molecular weight is 517 g/mol. The molecule has 0 aliphatic carbocycles. The quantitative estimate of drug-likeness (QED) is 0.476. The summed E-state index contributed by atoms with van der Waals surface area (Å²) in [7, 11) is 1.81. The average Bonchev–Trinajstić information content (AvgIpc) is 3.18. The molecule has 3 N–H and O–H groups in total. The molecule has 0 spiro atoms. The van der Waals surface area contributed by atoms with Crippen molar-refractivity contribution < 1.29 is 9.59 Å². The molecule has 8 heteroatoms. The lowest BCUT2D eigenvalue weighted by molar-refractivity contribution is -0.147. The molecule has 178 valence electrons. The fourth-order valence-corrected chi connectivity index (χ4v) is 4.86. The highest BCUT2D eigenvalue weighted by Gasteiger charge is 2.39. The first kappa shape index (κ1) is 25.4. The van der Waals surface area contributed by atoms with Gasteiger partial charge in [-0.05, 0) is 24.1 Å². The van der Waals surface area contributed by atoms with E-state index in [0.717, 1.165) is 15.7 Å². The number of amides is 2. The number of nitrogens with zero attached hydrogens (tertiary/aromatic N) is 3. The molecule has 33 heavy (non-hydrogen) atoms. The number of hydrogen-bond donors (Lipinski definition) is 2. The number of likely N-dealkylation sites (N-methyl/N-ethyl adjacent to an activating group) is 1. The standard InChI is InChI=1S/C25H34BrN5O2/c1-18(2)28-11-12-31(16-24(27)32,23-13-22(26)10-9-19(23)3)17-25(33)29(4)30-14-20-7-5-6-8-21(20)15-30/h5-10,13,18,28H,11-12,14-17H2,1-4H3,(H-,27,32)/p+1. The van der Waals surface area contributed by atoms with Crippen LogP contribution in [0.25, 0.3) is 0 Å². The summed E-state index contributed by atoms with van der Waals surface area (Å²) in [5.41, 5.74) is 10.2. The van der Waals surface area contributed by atoms with E-state index in [0.29, 0.717) is 32.2 Å². The van der Waals surface area contributed by atoms with Gasteiger partial charge in [-0.15, -0.1) is 0 Å². The first-order valence-electron chi connectivity index (χ1n) is 11.3. The number of halogens is 1. The second-order valence-corrected chi connectivity index (χ2v) is 10.1. The topological polar surface area (TPSA) is 78.7 Å². The first-order chi connectivity index (χ1) is 15.6. The van der Waals surface area contributed by atoms with Crippen molar-refractivity contribution in [2.75, 3.05) is 33.2 Å². The van der Waals surface area contributed by atoms with Gasteiger partial charge in [-0.25, -0.2) is 5.01 Å². The van der Waals surface area contributed by atoms with Gasteiger partial charge in [0, 0.05) is 48.8 Å². The summed E-state index contributed by atoms with van der Waals surface area (Å²) in [4.78, 5) is 25.9. The molecule has 2 aromatic rings. The number of hydrogen-bond acceptors (Lipinski definition) is 4. The van der Waals surface area contributed by atoms with Crippen molar-refractivity contribution in [1.82, 2.24) is 19.8 Å². The van der Waals surface area contributed by atoms with E-state index in [9.17, 15) is 9.59 Å². The monoisotopic (exact) mass is 516 g/mol. The number of nitrogens with two attached hydrogens (primary N) is 1. The number of primary amides is 1. The molecule has 1 unspecified atom stereocenters. The van der Waals surface area contributed by atoms with Crippen LogP contribution in [0.3, 0.4) is 0 Å². The number of carbonyl (C=O) groups is 2. The highest BCUT2D eigenvalue weighted by molar-refractivity contribution is 9.10. The zero-order valence-electron chi connectivity index (χ0n) is 20.0. The van der Waals surface area contributed by atoms with Gasteiger partial charge in [0.05, 0.1) is 6.54 Å². The molecule has 3 rings (SSSR count). The zero-order valence-corrected chi connectivity index (χ0v) is 21.6. The van der Waals surface area contributed by atoms with E-state index in [1.165, 1.54) is 11.1 Å². The van der Waals surface area contributed by atoms with Crippen LogP contribution in [0.5, 0.6) is 0 Å². The lowest BCUT2D eigenvalue weighted by Crippen LogP contribution is -2.62. The molecule has 1 aliphatic heterocycles. The van der Waals surface area contributed by atoms with Crippen LogP contribution in [-0.2, 0) is 22.7 Å². The van der Waals surface area contributed by atoms with Crippen molar-refractivity contribution >= 4 is 33.4 Å². The van der Waals surface area contributed by atoms with E-state index in [1.807, 2.05) is 49.3 Å². The van der Waals surface area contributed by atoms with Crippen LogP contribution >= 0.6 is 15.9 Å². The third-order valence-electron chi connectivity index (χ3n) is 6.28. The third-order valence-corrected chi connectivity index (χ3v) is 6.77. The van der Waals surface area contributed by atoms with Crippen LogP contribution in [0, 0.1) is 6.92 Å². The second-order valence-electron chi connectivity index (χ2n) is 9.20. The molecule has 1 aliphatic rings. The maximum atomic E-state index is 13.6. The Morgan fingerprint density at radius 1 is 1.15 bits per heavy atom. The van der Waals surface area contributed by atoms with Gasteiger partial charge in [0.25, 0.3) is 11.8 Å². The predicted octanol–water partition coefficient (Wildman–Crippen LogP) is 2.94. The molecule has 2 aromatic carbocycles. The van der Waals surface area contributed by atoms with Gasteiger partial charge < -0.3 is 11.1 Å². The van der Waals surface area contributed by atoms with E-state index in [4.69, 9.17) is 5.73 Å². The van der Waals surface area contributed by atoms with Crippen molar-refractivity contribution in [3.05, 3.63) is 63.6 Å². The highest BCUT2D eigenvalue weighted by atomic mass is 79.9. The molecule has 1 heterocycles. The predicted molar refractivity (Wildman–Crippen MR) is 136 cm³/mol. The van der Waals surface area contributed by atoms with Gasteiger partial charge in [0.15, 0.2) is 13.1 Å². The SMILES string of the molecule is Cc1ccc(Br)cc1[N+](CCNC(C)C)(CC(N)=O)CC(=O)N(C)N1Cc2ccccc2C1. The van der Waals surface area contributed by atoms with E-state index in [2.05, 4.69) is 47.2 Å². The minimum atomic E-state index is -0.428. The zero-order chi connectivity index (χ0) is 24.2. The summed E-state index contributed by atoms with van der Waals surface area (Å²) in [6.07, 6.45) is 0. The molecule has 0 bridgehead atoms. The Kier molecular flexibility index (Phi) is 8.28. The lowest BCUT2D eigenvalue weighted by Gasteiger charge is -2.40. The van der Waals surface area contributed by atoms with Crippen LogP contribution in [0.1, 0.15) is 30.5 Å². The van der Waals surface area contributed by atoms with E-state index in [-0.39, 0.29) is 23.5 Å². The molecule has 7 nitrogen and oxygen atoms in total. The van der Waals surface area contributed by atoms with Crippen molar-refractivity contribution in [3.63, 3.8) is 0 Å². The molecule has 0 aromatic heterocycles. The van der Waals surface area contributed by atoms with Crippen molar-refractivity contribution in [2.24, 2.45) is 5.73 Å². The van der Waals surface area contributed by atoms with Gasteiger partial charge >= 0.3 is 0 Å². The summed E-state index contributed by atoms with van der Waals surface area (Å²) in [5.74, 6) is -0.476. The fraction of sp³-hybridized carbons (Fsp3) is 0.440. The highest BCUT2D eigenvalue weighted by Crippen LogP contribution is 2.31. The van der Waals surface area contributed by atoms with E-state index >= 15 is 0 Å². The van der Waals surface area contributed by atoms with Crippen molar-refractivity contribution in [2.45, 2.75) is 39.9 Å². The number of rotatable bonds is 10. The van der Waals surface area contributed by atoms with Crippen LogP contribution in [0.4, 0.5) is 5.69 Å². The number of carbonyl (C=O) groups excluding carboxylic acids is 2. The number of hydrazine groups is 1. The summed E-state index contributed by atoms with van der Waals surface area (Å²) in [6, 6.07) is 14.5. The first-order valence-corrected chi connectivity index (χ1v) is 12.1. The molecule has 0 saturated carbocycles. The van der Waals surface area contributed by atoms with E-state index < -0.39 is 5.91 Å².